The smallest absolute Gasteiger partial charge is 0.308 e. The van der Waals surface area contributed by atoms with Gasteiger partial charge in [0.1, 0.15) is 0 Å². The third-order valence-corrected chi connectivity index (χ3v) is 3.81. The van der Waals surface area contributed by atoms with Gasteiger partial charge in [-0.2, -0.15) is 0 Å². The molecule has 2 aliphatic rings. The zero-order valence-electron chi connectivity index (χ0n) is 10.2. The molecule has 1 aliphatic carbocycles. The Labute approximate surface area is 101 Å². The van der Waals surface area contributed by atoms with Crippen LogP contribution in [0.5, 0.6) is 0 Å². The van der Waals surface area contributed by atoms with Crippen LogP contribution in [0.4, 0.5) is 0 Å². The lowest BCUT2D eigenvalue weighted by Crippen LogP contribution is -2.42. The molecule has 1 saturated heterocycles. The summed E-state index contributed by atoms with van der Waals surface area (Å²) in [5, 5.41) is 9.01. The number of carboxylic acids is 1. The lowest BCUT2D eigenvalue weighted by atomic mass is 9.97. The zero-order chi connectivity index (χ0) is 12.4. The second kappa shape index (κ2) is 4.90. The Morgan fingerprint density at radius 2 is 2.06 bits per heavy atom. The Bertz CT molecular complexity index is 373. The van der Waals surface area contributed by atoms with Crippen molar-refractivity contribution in [2.75, 3.05) is 13.1 Å². The highest BCUT2D eigenvalue weighted by atomic mass is 16.4. The zero-order valence-corrected chi connectivity index (χ0v) is 10.2. The van der Waals surface area contributed by atoms with Crippen molar-refractivity contribution in [1.82, 2.24) is 4.90 Å². The maximum atomic E-state index is 12.3. The summed E-state index contributed by atoms with van der Waals surface area (Å²) < 4.78 is 0. The number of nitrogens with zero attached hydrogens (tertiary/aromatic N) is 1. The average Bonchev–Trinajstić information content (AvgIpc) is 2.74. The molecule has 1 N–H and O–H groups in total. The standard InChI is InChI=1S/C13H19NO3/c1-9-4-2-6-11(9)12(15)14-7-3-5-10(8-14)13(16)17/h10H,2-8H2,1H3,(H,16,17). The topological polar surface area (TPSA) is 57.6 Å². The number of rotatable bonds is 2. The van der Waals surface area contributed by atoms with E-state index in [1.807, 2.05) is 6.92 Å². The maximum absolute atomic E-state index is 12.3. The van der Waals surface area contributed by atoms with Gasteiger partial charge in [0.2, 0.25) is 5.91 Å². The Morgan fingerprint density at radius 3 is 2.65 bits per heavy atom. The van der Waals surface area contributed by atoms with E-state index in [0.717, 1.165) is 31.3 Å². The number of likely N-dealkylation sites (tertiary alicyclic amines) is 1. The minimum Gasteiger partial charge on any atom is -0.481 e. The highest BCUT2D eigenvalue weighted by Crippen LogP contribution is 2.28. The predicted molar refractivity (Wildman–Crippen MR) is 63.5 cm³/mol. The number of hydrogen-bond donors (Lipinski definition) is 1. The summed E-state index contributed by atoms with van der Waals surface area (Å²) in [6, 6.07) is 0. The molecule has 1 atom stereocenters. The van der Waals surface area contributed by atoms with Crippen molar-refractivity contribution in [1.29, 1.82) is 0 Å². The molecule has 0 bridgehead atoms. The van der Waals surface area contributed by atoms with E-state index in [-0.39, 0.29) is 11.8 Å². The number of hydrogen-bond acceptors (Lipinski definition) is 2. The molecule has 0 aromatic heterocycles. The van der Waals surface area contributed by atoms with Crippen LogP contribution < -0.4 is 0 Å². The molecule has 4 heteroatoms. The molecule has 0 aromatic carbocycles. The van der Waals surface area contributed by atoms with Crippen LogP contribution in [0.2, 0.25) is 0 Å². The minimum absolute atomic E-state index is 0.0750. The molecule has 94 valence electrons. The predicted octanol–water partition coefficient (Wildman–Crippen LogP) is 1.81. The van der Waals surface area contributed by atoms with Crippen LogP contribution in [-0.2, 0) is 9.59 Å². The Hall–Kier alpha value is -1.32. The summed E-state index contributed by atoms with van der Waals surface area (Å²) in [5.74, 6) is -1.08. The molecule has 1 aliphatic heterocycles. The van der Waals surface area contributed by atoms with Gasteiger partial charge in [-0.3, -0.25) is 9.59 Å². The first kappa shape index (κ1) is 12.1. The van der Waals surface area contributed by atoms with Crippen LogP contribution in [0.1, 0.15) is 39.0 Å². The van der Waals surface area contributed by atoms with Crippen molar-refractivity contribution in [3.63, 3.8) is 0 Å². The van der Waals surface area contributed by atoms with Crippen molar-refractivity contribution in [3.8, 4) is 0 Å². The van der Waals surface area contributed by atoms with Gasteiger partial charge >= 0.3 is 5.97 Å². The molecule has 1 unspecified atom stereocenters. The minimum atomic E-state index is -0.778. The molecular weight excluding hydrogens is 218 g/mol. The van der Waals surface area contributed by atoms with Crippen LogP contribution in [0.3, 0.4) is 0 Å². The lowest BCUT2D eigenvalue weighted by molar-refractivity contribution is -0.145. The maximum Gasteiger partial charge on any atom is 0.308 e. The number of amides is 1. The van der Waals surface area contributed by atoms with E-state index in [1.54, 1.807) is 4.90 Å². The van der Waals surface area contributed by atoms with Gasteiger partial charge in [-0.25, -0.2) is 0 Å². The van der Waals surface area contributed by atoms with Gasteiger partial charge in [0.05, 0.1) is 5.92 Å². The quantitative estimate of drug-likeness (QED) is 0.796. The van der Waals surface area contributed by atoms with E-state index in [4.69, 9.17) is 5.11 Å². The molecule has 0 saturated carbocycles. The number of allylic oxidation sites excluding steroid dienone is 1. The molecular formula is C13H19NO3. The van der Waals surface area contributed by atoms with Gasteiger partial charge in [0.25, 0.3) is 0 Å². The van der Waals surface area contributed by atoms with Crippen LogP contribution in [-0.4, -0.2) is 35.0 Å². The summed E-state index contributed by atoms with van der Waals surface area (Å²) in [7, 11) is 0. The third kappa shape index (κ3) is 2.51. The Kier molecular flexibility index (Phi) is 3.50. The normalized spacial score (nSPS) is 25.2. The number of piperidine rings is 1. The number of carbonyl (C=O) groups is 2. The first-order valence-electron chi connectivity index (χ1n) is 6.30. The molecule has 0 spiro atoms. The molecule has 1 fully saturated rings. The van der Waals surface area contributed by atoms with Gasteiger partial charge in [0.15, 0.2) is 0 Å². The number of carboxylic acid groups (broad SMARTS) is 1. The highest BCUT2D eigenvalue weighted by Gasteiger charge is 2.30. The van der Waals surface area contributed by atoms with Crippen molar-refractivity contribution in [3.05, 3.63) is 11.1 Å². The molecule has 17 heavy (non-hydrogen) atoms. The van der Waals surface area contributed by atoms with Crippen LogP contribution in [0.25, 0.3) is 0 Å². The fourth-order valence-corrected chi connectivity index (χ4v) is 2.74. The summed E-state index contributed by atoms with van der Waals surface area (Å²) in [6.07, 6.45) is 4.42. The second-order valence-corrected chi connectivity index (χ2v) is 5.04. The number of aliphatic carboxylic acids is 1. The van der Waals surface area contributed by atoms with Gasteiger partial charge in [-0.05, 0) is 39.0 Å². The summed E-state index contributed by atoms with van der Waals surface area (Å²) in [4.78, 5) is 24.9. The van der Waals surface area contributed by atoms with E-state index in [1.165, 1.54) is 5.57 Å². The largest absolute Gasteiger partial charge is 0.481 e. The molecule has 0 aromatic rings. The van der Waals surface area contributed by atoms with Crippen molar-refractivity contribution in [2.45, 2.75) is 39.0 Å². The average molecular weight is 237 g/mol. The van der Waals surface area contributed by atoms with E-state index in [9.17, 15) is 9.59 Å². The van der Waals surface area contributed by atoms with Gasteiger partial charge in [0, 0.05) is 18.7 Å². The van der Waals surface area contributed by atoms with Crippen LogP contribution >= 0.6 is 0 Å². The van der Waals surface area contributed by atoms with Crippen LogP contribution in [0, 0.1) is 5.92 Å². The van der Waals surface area contributed by atoms with Crippen molar-refractivity contribution >= 4 is 11.9 Å². The van der Waals surface area contributed by atoms with Gasteiger partial charge in [-0.15, -0.1) is 0 Å². The lowest BCUT2D eigenvalue weighted by Gasteiger charge is -2.31. The monoisotopic (exact) mass is 237 g/mol. The van der Waals surface area contributed by atoms with Crippen LogP contribution in [0.15, 0.2) is 11.1 Å². The fraction of sp³-hybridized carbons (Fsp3) is 0.692. The van der Waals surface area contributed by atoms with Gasteiger partial charge in [-0.1, -0.05) is 5.57 Å². The first-order chi connectivity index (χ1) is 8.09. The third-order valence-electron chi connectivity index (χ3n) is 3.81. The van der Waals surface area contributed by atoms with E-state index < -0.39 is 5.97 Å². The molecule has 4 nitrogen and oxygen atoms in total. The number of carbonyl (C=O) groups excluding carboxylic acids is 1. The van der Waals surface area contributed by atoms with E-state index >= 15 is 0 Å². The Balaban J connectivity index is 2.05. The summed E-state index contributed by atoms with van der Waals surface area (Å²) >= 11 is 0. The summed E-state index contributed by atoms with van der Waals surface area (Å²) in [5.41, 5.74) is 2.11. The van der Waals surface area contributed by atoms with E-state index in [2.05, 4.69) is 0 Å². The SMILES string of the molecule is CC1=C(C(=O)N2CCCC(C(=O)O)C2)CCC1. The van der Waals surface area contributed by atoms with E-state index in [0.29, 0.717) is 19.5 Å². The van der Waals surface area contributed by atoms with Crippen molar-refractivity contribution < 1.29 is 14.7 Å². The second-order valence-electron chi connectivity index (χ2n) is 5.04. The molecule has 0 radical (unpaired) electrons. The first-order valence-corrected chi connectivity index (χ1v) is 6.30. The highest BCUT2D eigenvalue weighted by molar-refractivity contribution is 5.95. The fourth-order valence-electron chi connectivity index (χ4n) is 2.74. The molecule has 2 rings (SSSR count). The molecule has 1 heterocycles. The van der Waals surface area contributed by atoms with Crippen molar-refractivity contribution in [2.24, 2.45) is 5.92 Å². The summed E-state index contributed by atoms with van der Waals surface area (Å²) in [6.45, 7) is 3.10. The Morgan fingerprint density at radius 1 is 1.29 bits per heavy atom. The van der Waals surface area contributed by atoms with Gasteiger partial charge < -0.3 is 10.0 Å². The molecule has 1 amide bonds.